The van der Waals surface area contributed by atoms with Crippen LogP contribution in [0.25, 0.3) is 0 Å². The molecule has 120 valence electrons. The van der Waals surface area contributed by atoms with Gasteiger partial charge in [0.05, 0.1) is 26.4 Å². The molecule has 0 bridgehead atoms. The molecule has 0 aliphatic heterocycles. The quantitative estimate of drug-likeness (QED) is 0.636. The molecule has 4 nitrogen and oxygen atoms in total. The fourth-order valence-electron chi connectivity index (χ4n) is 3.34. The molecule has 0 aromatic heterocycles. The third kappa shape index (κ3) is 4.99. The molecule has 2 saturated carbocycles. The lowest BCUT2D eigenvalue weighted by atomic mass is 9.75. The summed E-state index contributed by atoms with van der Waals surface area (Å²) in [5.41, 5.74) is -0.253. The first-order valence-electron chi connectivity index (χ1n) is 8.09. The molecule has 0 aromatic carbocycles. The molecule has 2 fully saturated rings. The molecule has 0 heterocycles. The maximum absolute atomic E-state index is 8.98. The van der Waals surface area contributed by atoms with Crippen LogP contribution in [0.2, 0.25) is 0 Å². The smallest absolute Gasteiger partial charge is 0.0509 e. The van der Waals surface area contributed by atoms with Crippen LogP contribution in [0.15, 0.2) is 0 Å². The summed E-state index contributed by atoms with van der Waals surface area (Å²) in [6, 6.07) is 0. The second-order valence-electron chi connectivity index (χ2n) is 6.75. The Kier molecular flexibility index (Phi) is 8.03. The maximum Gasteiger partial charge on any atom is 0.0509 e. The van der Waals surface area contributed by atoms with Crippen LogP contribution >= 0.6 is 0 Å². The van der Waals surface area contributed by atoms with Gasteiger partial charge in [0.15, 0.2) is 0 Å². The molecular formula is C16H32O4. The van der Waals surface area contributed by atoms with Gasteiger partial charge in [-0.25, -0.2) is 0 Å². The monoisotopic (exact) mass is 288 g/mol. The van der Waals surface area contributed by atoms with Crippen LogP contribution in [-0.4, -0.2) is 46.9 Å². The molecule has 2 aliphatic carbocycles. The molecule has 0 atom stereocenters. The molecule has 20 heavy (non-hydrogen) atoms. The molecule has 0 spiro atoms. The Morgan fingerprint density at radius 3 is 0.850 bits per heavy atom. The predicted molar refractivity (Wildman–Crippen MR) is 79.4 cm³/mol. The van der Waals surface area contributed by atoms with E-state index in [1.807, 2.05) is 0 Å². The van der Waals surface area contributed by atoms with E-state index in [1.165, 1.54) is 38.5 Å². The Bertz CT molecular complexity index is 205. The molecule has 0 saturated heterocycles. The summed E-state index contributed by atoms with van der Waals surface area (Å²) >= 11 is 0. The van der Waals surface area contributed by atoms with Crippen molar-refractivity contribution in [1.82, 2.24) is 0 Å². The molecule has 0 radical (unpaired) electrons. The molecule has 4 N–H and O–H groups in total. The highest BCUT2D eigenvalue weighted by Gasteiger charge is 2.30. The van der Waals surface area contributed by atoms with Crippen molar-refractivity contribution in [3.8, 4) is 0 Å². The van der Waals surface area contributed by atoms with Crippen LogP contribution in [0.3, 0.4) is 0 Å². The Hall–Kier alpha value is -0.160. The summed E-state index contributed by atoms with van der Waals surface area (Å²) in [6.45, 7) is 0.625. The van der Waals surface area contributed by atoms with Gasteiger partial charge in [-0.1, -0.05) is 38.5 Å². The van der Waals surface area contributed by atoms with Crippen LogP contribution in [-0.2, 0) is 0 Å². The zero-order chi connectivity index (χ0) is 14.9. The van der Waals surface area contributed by atoms with Gasteiger partial charge < -0.3 is 20.4 Å². The summed E-state index contributed by atoms with van der Waals surface area (Å²) in [5.74, 6) is 0. The van der Waals surface area contributed by atoms with E-state index in [1.54, 1.807) is 0 Å². The van der Waals surface area contributed by atoms with Crippen LogP contribution in [0.1, 0.15) is 64.2 Å². The average Bonchev–Trinajstić information content (AvgIpc) is 2.56. The molecule has 2 rings (SSSR count). The van der Waals surface area contributed by atoms with Crippen LogP contribution in [0, 0.1) is 10.8 Å². The average molecular weight is 288 g/mol. The minimum Gasteiger partial charge on any atom is -0.396 e. The lowest BCUT2D eigenvalue weighted by molar-refractivity contribution is 0.0233. The Morgan fingerprint density at radius 1 is 0.450 bits per heavy atom. The first-order chi connectivity index (χ1) is 9.66. The van der Waals surface area contributed by atoms with Crippen molar-refractivity contribution < 1.29 is 20.4 Å². The molecule has 4 heteroatoms. The molecule has 0 amide bonds. The van der Waals surface area contributed by atoms with Crippen molar-refractivity contribution in [1.29, 1.82) is 0 Å². The van der Waals surface area contributed by atoms with Crippen molar-refractivity contribution in [2.45, 2.75) is 64.2 Å². The van der Waals surface area contributed by atoms with Gasteiger partial charge in [-0.2, -0.15) is 0 Å². The Balaban J connectivity index is 0.000000200. The van der Waals surface area contributed by atoms with Gasteiger partial charge in [0.1, 0.15) is 0 Å². The number of aliphatic hydroxyl groups excluding tert-OH is 4. The van der Waals surface area contributed by atoms with Crippen LogP contribution in [0.4, 0.5) is 0 Å². The minimum atomic E-state index is -0.127. The summed E-state index contributed by atoms with van der Waals surface area (Å²) < 4.78 is 0. The number of hydrogen-bond acceptors (Lipinski definition) is 4. The fourth-order valence-corrected chi connectivity index (χ4v) is 3.34. The molecule has 0 aromatic rings. The van der Waals surface area contributed by atoms with Gasteiger partial charge in [0, 0.05) is 10.8 Å². The van der Waals surface area contributed by atoms with Crippen molar-refractivity contribution >= 4 is 0 Å². The maximum atomic E-state index is 8.98. The zero-order valence-electron chi connectivity index (χ0n) is 12.7. The highest BCUT2D eigenvalue weighted by atomic mass is 16.3. The van der Waals surface area contributed by atoms with E-state index >= 15 is 0 Å². The topological polar surface area (TPSA) is 80.9 Å². The van der Waals surface area contributed by atoms with Crippen molar-refractivity contribution in [2.75, 3.05) is 26.4 Å². The summed E-state index contributed by atoms with van der Waals surface area (Å²) in [5, 5.41) is 35.9. The predicted octanol–water partition coefficient (Wildman–Crippen LogP) is 1.84. The van der Waals surface area contributed by atoms with Crippen LogP contribution < -0.4 is 0 Å². The molecule has 0 unspecified atom stereocenters. The van der Waals surface area contributed by atoms with E-state index in [-0.39, 0.29) is 37.3 Å². The van der Waals surface area contributed by atoms with Gasteiger partial charge >= 0.3 is 0 Å². The lowest BCUT2D eigenvalue weighted by Crippen LogP contribution is -2.31. The third-order valence-electron chi connectivity index (χ3n) is 5.17. The highest BCUT2D eigenvalue weighted by Crippen LogP contribution is 2.35. The van der Waals surface area contributed by atoms with Crippen molar-refractivity contribution in [3.05, 3.63) is 0 Å². The largest absolute Gasteiger partial charge is 0.396 e. The van der Waals surface area contributed by atoms with E-state index < -0.39 is 0 Å². The van der Waals surface area contributed by atoms with E-state index in [9.17, 15) is 0 Å². The number of aliphatic hydroxyl groups is 4. The SMILES string of the molecule is OCC1(CO)CCCCC1.OCC1(CO)CCCCC1. The number of hydrogen-bond donors (Lipinski definition) is 4. The lowest BCUT2D eigenvalue weighted by Gasteiger charge is -2.33. The van der Waals surface area contributed by atoms with E-state index in [0.29, 0.717) is 0 Å². The highest BCUT2D eigenvalue weighted by molar-refractivity contribution is 4.81. The second-order valence-corrected chi connectivity index (χ2v) is 6.75. The summed E-state index contributed by atoms with van der Waals surface area (Å²) in [6.07, 6.45) is 11.2. The summed E-state index contributed by atoms with van der Waals surface area (Å²) in [7, 11) is 0. The van der Waals surface area contributed by atoms with Gasteiger partial charge in [0.25, 0.3) is 0 Å². The Morgan fingerprint density at radius 2 is 0.700 bits per heavy atom. The zero-order valence-corrected chi connectivity index (χ0v) is 12.7. The fraction of sp³-hybridized carbons (Fsp3) is 1.00. The third-order valence-corrected chi connectivity index (χ3v) is 5.17. The van der Waals surface area contributed by atoms with Gasteiger partial charge in [-0.15, -0.1) is 0 Å². The Labute approximate surface area is 122 Å². The van der Waals surface area contributed by atoms with E-state index in [4.69, 9.17) is 20.4 Å². The van der Waals surface area contributed by atoms with Gasteiger partial charge in [-0.3, -0.25) is 0 Å². The first kappa shape index (κ1) is 17.9. The summed E-state index contributed by atoms with van der Waals surface area (Å²) in [4.78, 5) is 0. The molecule has 2 aliphatic rings. The van der Waals surface area contributed by atoms with Crippen molar-refractivity contribution in [3.63, 3.8) is 0 Å². The first-order valence-corrected chi connectivity index (χ1v) is 8.09. The standard InChI is InChI=1S/2C8H16O2/c2*9-6-8(7-10)4-2-1-3-5-8/h2*9-10H,1-7H2. The van der Waals surface area contributed by atoms with Gasteiger partial charge in [0.2, 0.25) is 0 Å². The second kappa shape index (κ2) is 8.98. The normalized spacial score (nSPS) is 24.6. The minimum absolute atomic E-state index is 0.127. The van der Waals surface area contributed by atoms with Crippen molar-refractivity contribution in [2.24, 2.45) is 10.8 Å². The van der Waals surface area contributed by atoms with E-state index in [2.05, 4.69) is 0 Å². The van der Waals surface area contributed by atoms with Gasteiger partial charge in [-0.05, 0) is 25.7 Å². The van der Waals surface area contributed by atoms with E-state index in [0.717, 1.165) is 25.7 Å². The van der Waals surface area contributed by atoms with Crippen LogP contribution in [0.5, 0.6) is 0 Å². The molecular weight excluding hydrogens is 256 g/mol. The number of rotatable bonds is 4.